The lowest BCUT2D eigenvalue weighted by molar-refractivity contribution is 0.798. The van der Waals surface area contributed by atoms with Gasteiger partial charge >= 0.3 is 0 Å². The van der Waals surface area contributed by atoms with Gasteiger partial charge in [0.15, 0.2) is 0 Å². The Labute approximate surface area is 319 Å². The van der Waals surface area contributed by atoms with Crippen LogP contribution in [-0.2, 0) is 5.41 Å². The smallest absolute Gasteiger partial charge is 0.0743 e. The lowest BCUT2D eigenvalue weighted by Crippen LogP contribution is -2.26. The third kappa shape index (κ3) is 4.90. The minimum Gasteiger partial charge on any atom is -0.310 e. The largest absolute Gasteiger partial charge is 0.310 e. The lowest BCUT2D eigenvalue weighted by Gasteiger charge is -2.32. The Morgan fingerprint density at radius 2 is 0.642 bits per heavy atom. The fourth-order valence-corrected chi connectivity index (χ4v) is 10.6. The number of thiophene rings is 2. The first-order valence-electron chi connectivity index (χ1n) is 18.2. The predicted octanol–water partition coefficient (Wildman–Crippen LogP) is 14.3. The van der Waals surface area contributed by atoms with Gasteiger partial charge in [-0.3, -0.25) is 0 Å². The van der Waals surface area contributed by atoms with E-state index in [4.69, 9.17) is 0 Å². The summed E-state index contributed by atoms with van der Waals surface area (Å²) in [6.45, 7) is 8.61. The maximum absolute atomic E-state index is 2.49. The Bertz CT molecular complexity index is 2370. The van der Waals surface area contributed by atoms with Crippen LogP contribution in [0.5, 0.6) is 0 Å². The van der Waals surface area contributed by atoms with Gasteiger partial charge in [0.25, 0.3) is 0 Å². The van der Waals surface area contributed by atoms with Crippen molar-refractivity contribution in [1.29, 1.82) is 0 Å². The number of benzene rings is 6. The second-order valence-corrected chi connectivity index (χ2v) is 16.4. The van der Waals surface area contributed by atoms with Crippen LogP contribution in [0, 0.1) is 27.7 Å². The molecule has 53 heavy (non-hydrogen) atoms. The minimum absolute atomic E-state index is 0.431. The zero-order valence-electron chi connectivity index (χ0n) is 30.2. The maximum atomic E-state index is 2.49. The first-order chi connectivity index (χ1) is 25.9. The molecule has 0 saturated carbocycles. The standard InChI is InChI=1S/C49H38N2S2/c1-31-5-13-35(14-6-31)50(36-15-7-32(2)8-16-36)39-21-23-41-42-24-22-40(51(37-17-9-33(3)10-18-37)38-19-11-34(4)12-20-38)30-46(42)49(45(41)29-39)43-25-27-52-47(43)48-44(49)26-28-53-48/h5-30H,1-4H3. The molecule has 10 rings (SSSR count). The zero-order valence-corrected chi connectivity index (χ0v) is 31.9. The van der Waals surface area contributed by atoms with Gasteiger partial charge in [0.05, 0.1) is 5.41 Å². The number of nitrogens with zero attached hydrogens (tertiary/aromatic N) is 2. The number of hydrogen-bond acceptors (Lipinski definition) is 4. The van der Waals surface area contributed by atoms with Gasteiger partial charge in [-0.2, -0.15) is 0 Å². The molecule has 0 bridgehead atoms. The van der Waals surface area contributed by atoms with Crippen molar-refractivity contribution >= 4 is 56.8 Å². The molecule has 4 heteroatoms. The van der Waals surface area contributed by atoms with E-state index >= 15 is 0 Å². The average Bonchev–Trinajstić information content (AvgIpc) is 3.95. The highest BCUT2D eigenvalue weighted by molar-refractivity contribution is 7.21. The summed E-state index contributed by atoms with van der Waals surface area (Å²) in [6, 6.07) is 54.8. The van der Waals surface area contributed by atoms with E-state index in [0.29, 0.717) is 0 Å². The van der Waals surface area contributed by atoms with Gasteiger partial charge in [-0.15, -0.1) is 22.7 Å². The fourth-order valence-electron chi connectivity index (χ4n) is 8.53. The predicted molar refractivity (Wildman–Crippen MR) is 227 cm³/mol. The van der Waals surface area contributed by atoms with Crippen LogP contribution in [0.4, 0.5) is 34.1 Å². The zero-order chi connectivity index (χ0) is 35.8. The number of aryl methyl sites for hydroxylation is 4. The van der Waals surface area contributed by atoms with Crippen LogP contribution in [0.3, 0.4) is 0 Å². The Morgan fingerprint density at radius 1 is 0.340 bits per heavy atom. The molecule has 0 unspecified atom stereocenters. The molecule has 6 aromatic carbocycles. The molecular formula is C49H38N2S2. The SMILES string of the molecule is Cc1ccc(N(c2ccc(C)cc2)c2ccc3c(c2)C2(c4cc(N(c5ccc(C)cc5)c5ccc(C)cc5)ccc4-3)c3ccsc3-c3sccc32)cc1. The van der Waals surface area contributed by atoms with E-state index in [0.717, 1.165) is 34.1 Å². The Kier molecular flexibility index (Phi) is 7.37. The van der Waals surface area contributed by atoms with E-state index in [1.165, 1.54) is 65.4 Å². The lowest BCUT2D eigenvalue weighted by atomic mass is 9.71. The highest BCUT2D eigenvalue weighted by Gasteiger charge is 2.53. The van der Waals surface area contributed by atoms with Crippen LogP contribution in [0.2, 0.25) is 0 Å². The van der Waals surface area contributed by atoms with Gasteiger partial charge in [-0.05, 0) is 157 Å². The van der Waals surface area contributed by atoms with E-state index in [1.807, 2.05) is 22.7 Å². The number of anilines is 6. The number of hydrogen-bond donors (Lipinski definition) is 0. The summed E-state index contributed by atoms with van der Waals surface area (Å²) in [5.74, 6) is 0. The van der Waals surface area contributed by atoms with Crippen molar-refractivity contribution in [2.75, 3.05) is 9.80 Å². The van der Waals surface area contributed by atoms with E-state index < -0.39 is 5.41 Å². The van der Waals surface area contributed by atoms with E-state index in [-0.39, 0.29) is 0 Å². The maximum Gasteiger partial charge on any atom is 0.0743 e. The van der Waals surface area contributed by atoms with Gasteiger partial charge in [-0.1, -0.05) is 82.9 Å². The summed E-state index contributed by atoms with van der Waals surface area (Å²) in [6.07, 6.45) is 0. The van der Waals surface area contributed by atoms with Crippen molar-refractivity contribution in [2.45, 2.75) is 33.1 Å². The summed E-state index contributed by atoms with van der Waals surface area (Å²) in [7, 11) is 0. The van der Waals surface area contributed by atoms with Crippen LogP contribution in [0.25, 0.3) is 20.9 Å². The van der Waals surface area contributed by atoms with Gasteiger partial charge in [0.1, 0.15) is 0 Å². The van der Waals surface area contributed by atoms with Crippen LogP contribution < -0.4 is 9.80 Å². The molecule has 0 N–H and O–H groups in total. The van der Waals surface area contributed by atoms with Crippen LogP contribution in [0.15, 0.2) is 156 Å². The van der Waals surface area contributed by atoms with Gasteiger partial charge in [0.2, 0.25) is 0 Å². The molecule has 0 saturated heterocycles. The topological polar surface area (TPSA) is 6.48 Å². The van der Waals surface area contributed by atoms with Crippen molar-refractivity contribution in [3.05, 3.63) is 201 Å². The molecule has 0 fully saturated rings. The van der Waals surface area contributed by atoms with Crippen molar-refractivity contribution in [3.63, 3.8) is 0 Å². The average molecular weight is 719 g/mol. The molecule has 0 radical (unpaired) electrons. The highest BCUT2D eigenvalue weighted by atomic mass is 32.1. The Morgan fingerprint density at radius 3 is 0.962 bits per heavy atom. The first kappa shape index (κ1) is 32.0. The molecule has 0 aliphatic heterocycles. The summed E-state index contributed by atoms with van der Waals surface area (Å²) < 4.78 is 0. The van der Waals surface area contributed by atoms with Crippen molar-refractivity contribution in [1.82, 2.24) is 0 Å². The molecule has 2 aliphatic carbocycles. The Balaban J connectivity index is 1.22. The Hall–Kier alpha value is -5.68. The molecule has 2 nitrogen and oxygen atoms in total. The quantitative estimate of drug-likeness (QED) is 0.169. The van der Waals surface area contributed by atoms with Crippen LogP contribution in [-0.4, -0.2) is 0 Å². The molecule has 2 aliphatic rings. The van der Waals surface area contributed by atoms with Crippen LogP contribution in [0.1, 0.15) is 44.5 Å². The van der Waals surface area contributed by atoms with Crippen molar-refractivity contribution < 1.29 is 0 Å². The van der Waals surface area contributed by atoms with Crippen molar-refractivity contribution in [2.24, 2.45) is 0 Å². The van der Waals surface area contributed by atoms with Gasteiger partial charge in [-0.25, -0.2) is 0 Å². The molecule has 0 atom stereocenters. The summed E-state index contributed by atoms with van der Waals surface area (Å²) in [4.78, 5) is 7.62. The third-order valence-corrected chi connectivity index (χ3v) is 13.1. The monoisotopic (exact) mass is 718 g/mol. The van der Waals surface area contributed by atoms with E-state index in [1.54, 1.807) is 0 Å². The first-order valence-corrected chi connectivity index (χ1v) is 20.0. The van der Waals surface area contributed by atoms with Crippen LogP contribution >= 0.6 is 22.7 Å². The molecule has 0 amide bonds. The third-order valence-electron chi connectivity index (χ3n) is 11.1. The molecule has 2 heterocycles. The summed E-state index contributed by atoms with van der Waals surface area (Å²) in [5.41, 5.74) is 19.6. The molecule has 256 valence electrons. The van der Waals surface area contributed by atoms with Gasteiger partial charge in [0, 0.05) is 43.9 Å². The van der Waals surface area contributed by atoms with Crippen molar-refractivity contribution in [3.8, 4) is 20.9 Å². The van der Waals surface area contributed by atoms with Gasteiger partial charge < -0.3 is 9.80 Å². The molecule has 8 aromatic rings. The summed E-state index contributed by atoms with van der Waals surface area (Å²) in [5, 5.41) is 4.58. The number of fused-ring (bicyclic) bond motifs is 10. The second kappa shape index (κ2) is 12.2. The fraction of sp³-hybridized carbons (Fsp3) is 0.102. The molecule has 1 spiro atoms. The highest BCUT2D eigenvalue weighted by Crippen LogP contribution is 2.66. The molecule has 2 aromatic heterocycles. The molecular weight excluding hydrogens is 681 g/mol. The minimum atomic E-state index is -0.431. The second-order valence-electron chi connectivity index (χ2n) is 14.5. The van der Waals surface area contributed by atoms with E-state index in [9.17, 15) is 0 Å². The van der Waals surface area contributed by atoms with E-state index in [2.05, 4.69) is 194 Å². The summed E-state index contributed by atoms with van der Waals surface area (Å²) >= 11 is 3.75. The number of rotatable bonds is 6. The normalized spacial score (nSPS) is 13.1.